The minimum Gasteiger partial charge on any atom is -0.350 e. The molecule has 3 nitrogen and oxygen atoms in total. The van der Waals surface area contributed by atoms with Crippen LogP contribution in [-0.4, -0.2) is 16.1 Å². The Bertz CT molecular complexity index is 485. The van der Waals surface area contributed by atoms with Crippen LogP contribution in [0.15, 0.2) is 46.9 Å². The highest BCUT2D eigenvalue weighted by molar-refractivity contribution is 8.00. The summed E-state index contributed by atoms with van der Waals surface area (Å²) in [5.74, 6) is 0.0408. The Kier molecular flexibility index (Phi) is 4.78. The van der Waals surface area contributed by atoms with Crippen LogP contribution in [0.1, 0.15) is 11.8 Å². The van der Waals surface area contributed by atoms with E-state index in [-0.39, 0.29) is 11.2 Å². The molecule has 1 N–H and O–H groups in total. The average Bonchev–Trinajstić information content (AvgIpc) is 2.90. The first-order chi connectivity index (χ1) is 8.75. The molecule has 0 aliphatic heterocycles. The smallest absolute Gasteiger partial charge is 0.233 e. The summed E-state index contributed by atoms with van der Waals surface area (Å²) in [5.41, 5.74) is 0. The van der Waals surface area contributed by atoms with Gasteiger partial charge in [-0.1, -0.05) is 23.9 Å². The van der Waals surface area contributed by atoms with Crippen molar-refractivity contribution in [1.29, 1.82) is 0 Å². The topological polar surface area (TPSA) is 42.0 Å². The van der Waals surface area contributed by atoms with Crippen molar-refractivity contribution >= 4 is 29.0 Å². The molecule has 1 unspecified atom stereocenters. The Morgan fingerprint density at radius 2 is 2.33 bits per heavy atom. The Morgan fingerprint density at radius 3 is 3.00 bits per heavy atom. The van der Waals surface area contributed by atoms with Gasteiger partial charge in [-0.2, -0.15) is 0 Å². The SMILES string of the molecule is CC(Sc1ccccn1)C(=O)NCc1cccs1. The number of thioether (sulfide) groups is 1. The van der Waals surface area contributed by atoms with Crippen molar-refractivity contribution in [2.75, 3.05) is 0 Å². The fraction of sp³-hybridized carbons (Fsp3) is 0.231. The lowest BCUT2D eigenvalue weighted by Gasteiger charge is -2.10. The summed E-state index contributed by atoms with van der Waals surface area (Å²) in [6, 6.07) is 9.70. The van der Waals surface area contributed by atoms with Crippen LogP contribution < -0.4 is 5.32 Å². The van der Waals surface area contributed by atoms with Crippen LogP contribution in [0.5, 0.6) is 0 Å². The molecule has 0 spiro atoms. The van der Waals surface area contributed by atoms with E-state index in [0.29, 0.717) is 6.54 Å². The summed E-state index contributed by atoms with van der Waals surface area (Å²) in [6.45, 7) is 2.49. The van der Waals surface area contributed by atoms with Crippen LogP contribution in [-0.2, 0) is 11.3 Å². The van der Waals surface area contributed by atoms with Crippen LogP contribution in [0.4, 0.5) is 0 Å². The summed E-state index contributed by atoms with van der Waals surface area (Å²) in [6.07, 6.45) is 1.73. The molecule has 0 aliphatic carbocycles. The number of rotatable bonds is 5. The highest BCUT2D eigenvalue weighted by Crippen LogP contribution is 2.20. The summed E-state index contributed by atoms with van der Waals surface area (Å²) in [7, 11) is 0. The molecular weight excluding hydrogens is 264 g/mol. The van der Waals surface area contributed by atoms with E-state index in [9.17, 15) is 4.79 Å². The van der Waals surface area contributed by atoms with E-state index in [1.807, 2.05) is 42.6 Å². The van der Waals surface area contributed by atoms with Crippen molar-refractivity contribution < 1.29 is 4.79 Å². The standard InChI is InChI=1S/C13H14N2OS2/c1-10(18-12-6-2-3-7-14-12)13(16)15-9-11-5-4-8-17-11/h2-8,10H,9H2,1H3,(H,15,16). The molecule has 18 heavy (non-hydrogen) atoms. The number of carbonyl (C=O) groups is 1. The second-order valence-electron chi connectivity index (χ2n) is 3.73. The highest BCUT2D eigenvalue weighted by atomic mass is 32.2. The number of thiophene rings is 1. The van der Waals surface area contributed by atoms with E-state index < -0.39 is 0 Å². The lowest BCUT2D eigenvalue weighted by Crippen LogP contribution is -2.30. The molecule has 0 fully saturated rings. The lowest BCUT2D eigenvalue weighted by atomic mass is 10.4. The van der Waals surface area contributed by atoms with E-state index >= 15 is 0 Å². The van der Waals surface area contributed by atoms with Crippen LogP contribution in [0, 0.1) is 0 Å². The minimum atomic E-state index is -0.139. The molecule has 1 amide bonds. The van der Waals surface area contributed by atoms with Crippen LogP contribution >= 0.6 is 23.1 Å². The quantitative estimate of drug-likeness (QED) is 0.855. The van der Waals surface area contributed by atoms with Gasteiger partial charge in [-0.05, 0) is 30.5 Å². The third-order valence-corrected chi connectivity index (χ3v) is 4.25. The number of nitrogens with zero attached hydrogens (tertiary/aromatic N) is 1. The van der Waals surface area contributed by atoms with Crippen molar-refractivity contribution in [1.82, 2.24) is 10.3 Å². The molecule has 0 aliphatic rings. The molecule has 0 radical (unpaired) electrons. The normalized spacial score (nSPS) is 12.1. The van der Waals surface area contributed by atoms with E-state index in [4.69, 9.17) is 0 Å². The fourth-order valence-corrected chi connectivity index (χ4v) is 2.86. The first-order valence-electron chi connectivity index (χ1n) is 5.63. The highest BCUT2D eigenvalue weighted by Gasteiger charge is 2.14. The molecule has 0 bridgehead atoms. The van der Waals surface area contributed by atoms with Gasteiger partial charge in [0, 0.05) is 11.1 Å². The van der Waals surface area contributed by atoms with Crippen molar-refractivity contribution in [2.45, 2.75) is 23.7 Å². The number of hydrogen-bond donors (Lipinski definition) is 1. The number of hydrogen-bond acceptors (Lipinski definition) is 4. The zero-order valence-electron chi connectivity index (χ0n) is 10.00. The van der Waals surface area contributed by atoms with Gasteiger partial charge in [0.25, 0.3) is 0 Å². The van der Waals surface area contributed by atoms with Crippen molar-refractivity contribution in [2.24, 2.45) is 0 Å². The van der Waals surface area contributed by atoms with Crippen molar-refractivity contribution in [3.05, 3.63) is 46.8 Å². The number of pyridine rings is 1. The molecule has 0 aromatic carbocycles. The van der Waals surface area contributed by atoms with Gasteiger partial charge in [-0.15, -0.1) is 11.3 Å². The predicted molar refractivity (Wildman–Crippen MR) is 75.7 cm³/mol. The Hall–Kier alpha value is -1.33. The van der Waals surface area contributed by atoms with Crippen LogP contribution in [0.3, 0.4) is 0 Å². The number of amides is 1. The van der Waals surface area contributed by atoms with Gasteiger partial charge in [0.1, 0.15) is 0 Å². The third-order valence-electron chi connectivity index (χ3n) is 2.32. The van der Waals surface area contributed by atoms with Crippen LogP contribution in [0.2, 0.25) is 0 Å². The maximum atomic E-state index is 11.9. The van der Waals surface area contributed by atoms with Gasteiger partial charge in [-0.3, -0.25) is 4.79 Å². The maximum Gasteiger partial charge on any atom is 0.233 e. The summed E-state index contributed by atoms with van der Waals surface area (Å²) >= 11 is 3.12. The van der Waals surface area contributed by atoms with Crippen LogP contribution in [0.25, 0.3) is 0 Å². The van der Waals surface area contributed by atoms with Gasteiger partial charge in [0.05, 0.1) is 16.8 Å². The molecule has 2 rings (SSSR count). The fourth-order valence-electron chi connectivity index (χ4n) is 1.38. The van der Waals surface area contributed by atoms with Gasteiger partial charge >= 0.3 is 0 Å². The minimum absolute atomic E-state index is 0.0408. The second kappa shape index (κ2) is 6.56. The van der Waals surface area contributed by atoms with Gasteiger partial charge in [-0.25, -0.2) is 4.98 Å². The van der Waals surface area contributed by atoms with Crippen molar-refractivity contribution in [3.63, 3.8) is 0 Å². The first-order valence-corrected chi connectivity index (χ1v) is 7.39. The Morgan fingerprint density at radius 1 is 1.44 bits per heavy atom. The average molecular weight is 278 g/mol. The molecule has 2 aromatic heterocycles. The molecule has 2 heterocycles. The first kappa shape index (κ1) is 13.1. The van der Waals surface area contributed by atoms with Gasteiger partial charge in [0.15, 0.2) is 0 Å². The molecule has 2 aromatic rings. The number of nitrogens with one attached hydrogen (secondary N) is 1. The number of aromatic nitrogens is 1. The molecule has 5 heteroatoms. The number of carbonyl (C=O) groups excluding carboxylic acids is 1. The summed E-state index contributed by atoms with van der Waals surface area (Å²) < 4.78 is 0. The maximum absolute atomic E-state index is 11.9. The third kappa shape index (κ3) is 3.85. The molecule has 0 saturated heterocycles. The molecule has 1 atom stereocenters. The van der Waals surface area contributed by atoms with Crippen molar-refractivity contribution in [3.8, 4) is 0 Å². The summed E-state index contributed by atoms with van der Waals surface area (Å²) in [4.78, 5) is 17.2. The van der Waals surface area contributed by atoms with E-state index in [1.54, 1.807) is 17.5 Å². The zero-order chi connectivity index (χ0) is 12.8. The lowest BCUT2D eigenvalue weighted by molar-refractivity contribution is -0.120. The van der Waals surface area contributed by atoms with Gasteiger partial charge < -0.3 is 5.32 Å². The van der Waals surface area contributed by atoms with E-state index in [0.717, 1.165) is 5.03 Å². The molecule has 94 valence electrons. The summed E-state index contributed by atoms with van der Waals surface area (Å²) in [5, 5.41) is 5.67. The van der Waals surface area contributed by atoms with E-state index in [1.165, 1.54) is 16.6 Å². The zero-order valence-corrected chi connectivity index (χ0v) is 11.6. The predicted octanol–water partition coefficient (Wildman–Crippen LogP) is 2.94. The van der Waals surface area contributed by atoms with E-state index in [2.05, 4.69) is 10.3 Å². The second-order valence-corrected chi connectivity index (χ2v) is 6.12. The molecule has 0 saturated carbocycles. The largest absolute Gasteiger partial charge is 0.350 e. The Balaban J connectivity index is 1.82. The monoisotopic (exact) mass is 278 g/mol. The molecular formula is C13H14N2OS2. The van der Waals surface area contributed by atoms with Gasteiger partial charge in [0.2, 0.25) is 5.91 Å². The Labute approximate surface area is 115 Å².